The van der Waals surface area contributed by atoms with Crippen LogP contribution in [0.15, 0.2) is 28.9 Å². The monoisotopic (exact) mass is 206 g/mol. The second-order valence-electron chi connectivity index (χ2n) is 3.53. The minimum Gasteiger partial charge on any atom is -0.352 e. The second kappa shape index (κ2) is 6.98. The third-order valence-electron chi connectivity index (χ3n) is 2.24. The number of amides is 1. The molecular formula is C12H18N2O. The zero-order chi connectivity index (χ0) is 10.9. The van der Waals surface area contributed by atoms with Gasteiger partial charge in [0.05, 0.1) is 0 Å². The average molecular weight is 206 g/mol. The highest BCUT2D eigenvalue weighted by Gasteiger charge is 2.06. The molecule has 1 rings (SSSR count). The van der Waals surface area contributed by atoms with Crippen LogP contribution in [0.5, 0.6) is 0 Å². The van der Waals surface area contributed by atoms with Crippen LogP contribution < -0.4 is 5.32 Å². The van der Waals surface area contributed by atoms with E-state index in [1.807, 2.05) is 6.08 Å². The quantitative estimate of drug-likeness (QED) is 0.688. The van der Waals surface area contributed by atoms with Crippen LogP contribution in [0.1, 0.15) is 32.6 Å². The van der Waals surface area contributed by atoms with Crippen LogP contribution in [0.25, 0.3) is 0 Å². The Morgan fingerprint density at radius 3 is 3.20 bits per heavy atom. The summed E-state index contributed by atoms with van der Waals surface area (Å²) in [5.74, 6) is 0.0316. The summed E-state index contributed by atoms with van der Waals surface area (Å²) in [6, 6.07) is 0. The van der Waals surface area contributed by atoms with Gasteiger partial charge in [-0.2, -0.15) is 0 Å². The predicted octanol–water partition coefficient (Wildman–Crippen LogP) is 2.21. The first-order valence-corrected chi connectivity index (χ1v) is 5.50. The summed E-state index contributed by atoms with van der Waals surface area (Å²) in [4.78, 5) is 15.6. The zero-order valence-electron chi connectivity index (χ0n) is 9.20. The van der Waals surface area contributed by atoms with Crippen LogP contribution in [0.4, 0.5) is 0 Å². The predicted molar refractivity (Wildman–Crippen MR) is 62.9 cm³/mol. The summed E-state index contributed by atoms with van der Waals surface area (Å²) in [5.41, 5.74) is 0.781. The Balaban J connectivity index is 2.30. The molecule has 1 N–H and O–H groups in total. The second-order valence-corrected chi connectivity index (χ2v) is 3.53. The number of carbonyl (C=O) groups is 1. The molecule has 0 unspecified atom stereocenters. The van der Waals surface area contributed by atoms with E-state index in [1.54, 1.807) is 18.5 Å². The van der Waals surface area contributed by atoms with E-state index in [1.165, 1.54) is 12.8 Å². The lowest BCUT2D eigenvalue weighted by Gasteiger charge is -2.05. The van der Waals surface area contributed by atoms with Gasteiger partial charge < -0.3 is 5.32 Å². The maximum atomic E-state index is 11.6. The number of aliphatic imine (C=N–C) groups is 1. The molecule has 0 radical (unpaired) electrons. The molecule has 0 aliphatic carbocycles. The fraction of sp³-hybridized carbons (Fsp3) is 0.500. The van der Waals surface area contributed by atoms with Gasteiger partial charge in [0.2, 0.25) is 5.91 Å². The number of allylic oxidation sites excluding steroid dienone is 2. The van der Waals surface area contributed by atoms with Gasteiger partial charge in [-0.25, -0.2) is 0 Å². The van der Waals surface area contributed by atoms with E-state index in [4.69, 9.17) is 0 Å². The van der Waals surface area contributed by atoms with Gasteiger partial charge in [0.25, 0.3) is 0 Å². The van der Waals surface area contributed by atoms with Crippen LogP contribution in [0.3, 0.4) is 0 Å². The van der Waals surface area contributed by atoms with E-state index in [0.717, 1.165) is 18.5 Å². The first-order valence-electron chi connectivity index (χ1n) is 5.50. The van der Waals surface area contributed by atoms with Crippen molar-refractivity contribution in [1.82, 2.24) is 5.32 Å². The molecule has 0 bridgehead atoms. The van der Waals surface area contributed by atoms with Crippen molar-refractivity contribution < 1.29 is 4.79 Å². The van der Waals surface area contributed by atoms with Crippen molar-refractivity contribution in [2.75, 3.05) is 6.54 Å². The zero-order valence-corrected chi connectivity index (χ0v) is 9.20. The first-order chi connectivity index (χ1) is 7.34. The molecule has 15 heavy (non-hydrogen) atoms. The Labute approximate surface area is 91.0 Å². The molecule has 3 nitrogen and oxygen atoms in total. The number of nitrogens with zero attached hydrogens (tertiary/aromatic N) is 1. The van der Waals surface area contributed by atoms with E-state index < -0.39 is 0 Å². The van der Waals surface area contributed by atoms with Crippen molar-refractivity contribution in [2.45, 2.75) is 32.6 Å². The Morgan fingerprint density at radius 2 is 2.40 bits per heavy atom. The maximum absolute atomic E-state index is 11.6. The van der Waals surface area contributed by atoms with Gasteiger partial charge in [0, 0.05) is 31.0 Å². The van der Waals surface area contributed by atoms with Gasteiger partial charge in [-0.05, 0) is 12.5 Å². The van der Waals surface area contributed by atoms with Crippen LogP contribution in [-0.4, -0.2) is 18.7 Å². The molecular weight excluding hydrogens is 188 g/mol. The van der Waals surface area contributed by atoms with Crippen molar-refractivity contribution in [3.63, 3.8) is 0 Å². The van der Waals surface area contributed by atoms with Gasteiger partial charge in [-0.3, -0.25) is 9.79 Å². The summed E-state index contributed by atoms with van der Waals surface area (Å²) in [6.45, 7) is 2.92. The van der Waals surface area contributed by atoms with Crippen molar-refractivity contribution >= 4 is 12.1 Å². The van der Waals surface area contributed by atoms with Gasteiger partial charge in [0.15, 0.2) is 0 Å². The van der Waals surface area contributed by atoms with Crippen molar-refractivity contribution in [3.05, 3.63) is 23.9 Å². The van der Waals surface area contributed by atoms with E-state index in [2.05, 4.69) is 17.2 Å². The Hall–Kier alpha value is -1.38. The normalized spacial score (nSPS) is 14.6. The average Bonchev–Trinajstić information content (AvgIpc) is 2.52. The smallest absolute Gasteiger partial charge is 0.247 e. The lowest BCUT2D eigenvalue weighted by atomic mass is 10.1. The van der Waals surface area contributed by atoms with Gasteiger partial charge in [-0.15, -0.1) is 0 Å². The summed E-state index contributed by atoms with van der Waals surface area (Å²) in [7, 11) is 0. The molecule has 1 aliphatic heterocycles. The summed E-state index contributed by atoms with van der Waals surface area (Å²) < 4.78 is 0. The highest BCUT2D eigenvalue weighted by atomic mass is 16.1. The Morgan fingerprint density at radius 1 is 1.53 bits per heavy atom. The minimum absolute atomic E-state index is 0.0316. The molecule has 0 aromatic rings. The molecule has 3 heteroatoms. The molecule has 0 aromatic carbocycles. The third-order valence-corrected chi connectivity index (χ3v) is 2.24. The van der Waals surface area contributed by atoms with Crippen LogP contribution in [0.2, 0.25) is 0 Å². The fourth-order valence-corrected chi connectivity index (χ4v) is 1.35. The van der Waals surface area contributed by atoms with Crippen LogP contribution in [-0.2, 0) is 4.79 Å². The standard InChI is InChI=1S/C12H18N2O/c1-2-3-4-9-14-12(15)11-6-5-8-13-10-7-11/h5-6,8,10H,2-4,7,9H2,1H3,(H,14,15). The molecule has 0 atom stereocenters. The lowest BCUT2D eigenvalue weighted by Crippen LogP contribution is -2.26. The summed E-state index contributed by atoms with van der Waals surface area (Å²) in [5, 5.41) is 2.91. The fourth-order valence-electron chi connectivity index (χ4n) is 1.35. The van der Waals surface area contributed by atoms with E-state index >= 15 is 0 Å². The topological polar surface area (TPSA) is 41.5 Å². The summed E-state index contributed by atoms with van der Waals surface area (Å²) in [6.07, 6.45) is 11.1. The lowest BCUT2D eigenvalue weighted by molar-refractivity contribution is -0.117. The number of nitrogens with one attached hydrogen (secondary N) is 1. The highest BCUT2D eigenvalue weighted by molar-refractivity contribution is 5.96. The molecule has 0 spiro atoms. The third kappa shape index (κ3) is 4.58. The number of carbonyl (C=O) groups excluding carboxylic acids is 1. The molecule has 0 fully saturated rings. The molecule has 1 aliphatic rings. The SMILES string of the molecule is CCCCCNC(=O)C1=CC=CN=CC1. The van der Waals surface area contributed by atoms with Crippen LogP contribution in [0, 0.1) is 0 Å². The number of hydrogen-bond acceptors (Lipinski definition) is 2. The van der Waals surface area contributed by atoms with Gasteiger partial charge in [0.1, 0.15) is 0 Å². The largest absolute Gasteiger partial charge is 0.352 e. The van der Waals surface area contributed by atoms with Crippen molar-refractivity contribution in [3.8, 4) is 0 Å². The Kier molecular flexibility index (Phi) is 5.44. The number of rotatable bonds is 5. The van der Waals surface area contributed by atoms with E-state index in [-0.39, 0.29) is 5.91 Å². The molecule has 82 valence electrons. The Bertz CT molecular complexity index is 290. The van der Waals surface area contributed by atoms with E-state index in [9.17, 15) is 4.79 Å². The minimum atomic E-state index is 0.0316. The van der Waals surface area contributed by atoms with Crippen molar-refractivity contribution in [2.24, 2.45) is 4.99 Å². The maximum Gasteiger partial charge on any atom is 0.247 e. The molecule has 1 amide bonds. The molecule has 0 saturated carbocycles. The first kappa shape index (κ1) is 11.7. The number of unbranched alkanes of at least 4 members (excludes halogenated alkanes) is 2. The van der Waals surface area contributed by atoms with E-state index in [0.29, 0.717) is 6.42 Å². The van der Waals surface area contributed by atoms with Crippen molar-refractivity contribution in [1.29, 1.82) is 0 Å². The van der Waals surface area contributed by atoms with Crippen LogP contribution >= 0.6 is 0 Å². The summed E-state index contributed by atoms with van der Waals surface area (Å²) >= 11 is 0. The highest BCUT2D eigenvalue weighted by Crippen LogP contribution is 2.03. The molecule has 0 saturated heterocycles. The van der Waals surface area contributed by atoms with Gasteiger partial charge >= 0.3 is 0 Å². The van der Waals surface area contributed by atoms with Gasteiger partial charge in [-0.1, -0.05) is 25.8 Å². The molecule has 1 heterocycles. The molecule has 0 aromatic heterocycles. The number of hydrogen-bond donors (Lipinski definition) is 1.